The molecule has 34 heavy (non-hydrogen) atoms. The molecule has 3 rings (SSSR count). The van der Waals surface area contributed by atoms with Crippen LogP contribution >= 0.6 is 15.9 Å². The van der Waals surface area contributed by atoms with Gasteiger partial charge in [-0.3, -0.25) is 4.79 Å². The van der Waals surface area contributed by atoms with Crippen LogP contribution in [0.5, 0.6) is 11.6 Å². The number of hydrogen-bond donors (Lipinski definition) is 1. The summed E-state index contributed by atoms with van der Waals surface area (Å²) in [5.74, 6) is -2.68. The maximum atomic E-state index is 13.3. The molecule has 0 saturated heterocycles. The molecule has 0 radical (unpaired) electrons. The van der Waals surface area contributed by atoms with E-state index < -0.39 is 35.5 Å². The fraction of sp³-hybridized carbons (Fsp3) is 0.208. The monoisotopic (exact) mass is 536 g/mol. The zero-order valence-corrected chi connectivity index (χ0v) is 19.9. The molecule has 0 unspecified atom stereocenters. The first-order valence-electron chi connectivity index (χ1n) is 10.1. The summed E-state index contributed by atoms with van der Waals surface area (Å²) in [6.45, 7) is 5.31. The topological polar surface area (TPSA) is 79.7 Å². The van der Waals surface area contributed by atoms with Crippen LogP contribution < -0.4 is 9.64 Å². The van der Waals surface area contributed by atoms with Crippen molar-refractivity contribution in [1.29, 1.82) is 0 Å². The lowest BCUT2D eigenvalue weighted by atomic mass is 10.1. The summed E-state index contributed by atoms with van der Waals surface area (Å²) in [6.07, 6.45) is -3.57. The Morgan fingerprint density at radius 2 is 1.82 bits per heavy atom. The number of anilines is 1. The fourth-order valence-electron chi connectivity index (χ4n) is 3.25. The van der Waals surface area contributed by atoms with Crippen molar-refractivity contribution in [2.24, 2.45) is 0 Å². The van der Waals surface area contributed by atoms with Gasteiger partial charge in [-0.05, 0) is 68.8 Å². The highest BCUT2D eigenvalue weighted by Crippen LogP contribution is 2.37. The number of aromatic nitrogens is 1. The minimum absolute atomic E-state index is 0.0774. The minimum atomic E-state index is -4.71. The van der Waals surface area contributed by atoms with Gasteiger partial charge in [0.15, 0.2) is 0 Å². The van der Waals surface area contributed by atoms with Crippen LogP contribution in [0.15, 0.2) is 59.2 Å². The number of alkyl halides is 3. The number of carboxylic acids is 1. The summed E-state index contributed by atoms with van der Waals surface area (Å²) in [7, 11) is 0. The molecule has 0 fully saturated rings. The van der Waals surface area contributed by atoms with Crippen molar-refractivity contribution in [3.63, 3.8) is 0 Å². The lowest BCUT2D eigenvalue weighted by Crippen LogP contribution is -2.38. The summed E-state index contributed by atoms with van der Waals surface area (Å²) in [4.78, 5) is 30.3. The van der Waals surface area contributed by atoms with Crippen molar-refractivity contribution in [3.8, 4) is 11.6 Å². The van der Waals surface area contributed by atoms with Gasteiger partial charge in [0.25, 0.3) is 5.91 Å². The lowest BCUT2D eigenvalue weighted by Gasteiger charge is -2.28. The number of pyridine rings is 1. The van der Waals surface area contributed by atoms with E-state index in [9.17, 15) is 27.9 Å². The molecule has 0 saturated carbocycles. The van der Waals surface area contributed by atoms with E-state index in [-0.39, 0.29) is 17.0 Å². The quantitative estimate of drug-likeness (QED) is 0.378. The number of rotatable bonds is 6. The molecule has 6 nitrogen and oxygen atoms in total. The number of halogens is 4. The summed E-state index contributed by atoms with van der Waals surface area (Å²) in [6, 6.07) is 10.2. The van der Waals surface area contributed by atoms with E-state index in [4.69, 9.17) is 4.74 Å². The zero-order valence-electron chi connectivity index (χ0n) is 18.4. The summed E-state index contributed by atoms with van der Waals surface area (Å²) in [5, 5.41) is 9.81. The van der Waals surface area contributed by atoms with Crippen molar-refractivity contribution < 1.29 is 32.6 Å². The Hall–Kier alpha value is -3.40. The molecule has 0 aliphatic rings. The summed E-state index contributed by atoms with van der Waals surface area (Å²) in [5.41, 5.74) is -0.0667. The molecule has 1 amide bonds. The van der Waals surface area contributed by atoms with Crippen LogP contribution in [0.4, 0.5) is 18.9 Å². The molecular weight excluding hydrogens is 517 g/mol. The molecule has 0 atom stereocenters. The Balaban J connectivity index is 2.04. The smallest absolute Gasteiger partial charge is 0.421 e. The van der Waals surface area contributed by atoms with E-state index in [1.165, 1.54) is 17.0 Å². The fourth-order valence-corrected chi connectivity index (χ4v) is 3.63. The van der Waals surface area contributed by atoms with Gasteiger partial charge in [-0.25, -0.2) is 9.78 Å². The number of benzene rings is 2. The van der Waals surface area contributed by atoms with Gasteiger partial charge >= 0.3 is 12.1 Å². The maximum absolute atomic E-state index is 13.3. The van der Waals surface area contributed by atoms with Gasteiger partial charge in [-0.2, -0.15) is 13.2 Å². The van der Waals surface area contributed by atoms with E-state index in [2.05, 4.69) is 20.9 Å². The Bertz CT molecular complexity index is 1250. The van der Waals surface area contributed by atoms with Crippen LogP contribution in [0.2, 0.25) is 0 Å². The largest absolute Gasteiger partial charge is 0.478 e. The predicted octanol–water partition coefficient (Wildman–Crippen LogP) is 6.72. The van der Waals surface area contributed by atoms with Crippen molar-refractivity contribution in [2.45, 2.75) is 33.0 Å². The van der Waals surface area contributed by atoms with Crippen LogP contribution in [-0.2, 0) is 6.18 Å². The number of carboxylic acid groups (broad SMARTS) is 1. The second kappa shape index (κ2) is 9.84. The first-order chi connectivity index (χ1) is 15.9. The molecule has 178 valence electrons. The van der Waals surface area contributed by atoms with Gasteiger partial charge in [0.1, 0.15) is 11.3 Å². The van der Waals surface area contributed by atoms with E-state index in [0.717, 1.165) is 34.4 Å². The van der Waals surface area contributed by atoms with Gasteiger partial charge in [0, 0.05) is 22.3 Å². The molecular formula is C24H20BrF3N2O4. The number of aryl methyl sites for hydroxylation is 1. The average Bonchev–Trinajstić information content (AvgIpc) is 2.75. The van der Waals surface area contributed by atoms with Gasteiger partial charge in [-0.15, -0.1) is 0 Å². The molecule has 2 aromatic carbocycles. The highest BCUT2D eigenvalue weighted by Gasteiger charge is 2.35. The number of nitrogens with zero attached hydrogens (tertiary/aromatic N) is 2. The molecule has 0 spiro atoms. The molecule has 1 aromatic heterocycles. The molecule has 1 N–H and O–H groups in total. The van der Waals surface area contributed by atoms with Crippen molar-refractivity contribution in [1.82, 2.24) is 4.98 Å². The molecule has 3 aromatic rings. The van der Waals surface area contributed by atoms with Crippen molar-refractivity contribution in [3.05, 3.63) is 81.5 Å². The Morgan fingerprint density at radius 1 is 1.12 bits per heavy atom. The zero-order chi connectivity index (χ0) is 25.2. The Kier molecular flexibility index (Phi) is 7.30. The number of ether oxygens (including phenoxy) is 1. The lowest BCUT2D eigenvalue weighted by molar-refractivity contribution is -0.138. The van der Waals surface area contributed by atoms with E-state index in [0.29, 0.717) is 5.56 Å². The Labute approximate surface area is 202 Å². The second-order valence-corrected chi connectivity index (χ2v) is 8.53. The van der Waals surface area contributed by atoms with Crippen LogP contribution in [0.3, 0.4) is 0 Å². The first-order valence-corrected chi connectivity index (χ1v) is 10.9. The third-order valence-electron chi connectivity index (χ3n) is 4.90. The third kappa shape index (κ3) is 5.39. The first kappa shape index (κ1) is 25.2. The molecule has 1 heterocycles. The number of carbonyl (C=O) groups excluding carboxylic acids is 1. The minimum Gasteiger partial charge on any atom is -0.478 e. The van der Waals surface area contributed by atoms with Crippen LogP contribution in [0, 0.1) is 6.92 Å². The van der Waals surface area contributed by atoms with Crippen molar-refractivity contribution in [2.75, 3.05) is 4.90 Å². The predicted molar refractivity (Wildman–Crippen MR) is 124 cm³/mol. The number of aromatic carboxylic acids is 1. The molecule has 0 bridgehead atoms. The SMILES string of the molecule is Cc1ccc(C(=O)N(c2ccc(Oc3ncccc3C(F)(F)F)cc2C(=O)O)C(C)C)cc1Br. The number of hydrogen-bond acceptors (Lipinski definition) is 4. The highest BCUT2D eigenvalue weighted by molar-refractivity contribution is 9.10. The summed E-state index contributed by atoms with van der Waals surface area (Å²) < 4.78 is 45.8. The number of carbonyl (C=O) groups is 2. The van der Waals surface area contributed by atoms with Crippen LogP contribution in [0.25, 0.3) is 0 Å². The van der Waals surface area contributed by atoms with Gasteiger partial charge < -0.3 is 14.7 Å². The number of amides is 1. The van der Waals surface area contributed by atoms with Crippen LogP contribution in [0.1, 0.15) is 45.7 Å². The van der Waals surface area contributed by atoms with E-state index >= 15 is 0 Å². The average molecular weight is 537 g/mol. The molecule has 0 aliphatic heterocycles. The standard InChI is InChI=1S/C24H20BrF3N2O4/c1-13(2)30(22(31)15-7-6-14(3)19(25)11-15)20-9-8-16(12-17(20)23(32)33)34-21-18(24(26,27)28)5-4-10-29-21/h4-13H,1-3H3,(H,32,33). The summed E-state index contributed by atoms with van der Waals surface area (Å²) >= 11 is 3.39. The van der Waals surface area contributed by atoms with Gasteiger partial charge in [0.05, 0.1) is 11.3 Å². The van der Waals surface area contributed by atoms with Gasteiger partial charge in [-0.1, -0.05) is 22.0 Å². The normalized spacial score (nSPS) is 11.4. The molecule has 0 aliphatic carbocycles. The highest BCUT2D eigenvalue weighted by atomic mass is 79.9. The van der Waals surface area contributed by atoms with E-state index in [1.807, 2.05) is 6.92 Å². The van der Waals surface area contributed by atoms with Gasteiger partial charge in [0.2, 0.25) is 5.88 Å². The molecule has 10 heteroatoms. The maximum Gasteiger partial charge on any atom is 0.421 e. The third-order valence-corrected chi connectivity index (χ3v) is 5.76. The van der Waals surface area contributed by atoms with Crippen LogP contribution in [-0.4, -0.2) is 28.0 Å². The second-order valence-electron chi connectivity index (χ2n) is 7.67. The van der Waals surface area contributed by atoms with E-state index in [1.54, 1.807) is 32.0 Å². The van der Waals surface area contributed by atoms with Crippen molar-refractivity contribution >= 4 is 33.5 Å². The Morgan fingerprint density at radius 3 is 2.41 bits per heavy atom.